The second kappa shape index (κ2) is 34.4. The molecule has 0 fully saturated rings. The molecule has 0 bridgehead atoms. The fourth-order valence-corrected chi connectivity index (χ4v) is 20.7. The van der Waals surface area contributed by atoms with Crippen molar-refractivity contribution in [3.8, 4) is 158 Å². The standard InChI is InChI=1S/C54H32N2.C40H22N2.C36H20N2/c1-56-44-26-24-43(25-27-44)52-33-51(42-22-18-39(19-23-42)37-10-6-3-7-11-37)47-29-28-45-49(40-14-12-35(34-55)13-15-40)32-50(46-30-31-48(52)54(47)53(45)46)41-20-16-38(17-21-41)36-8-4-2-5-9-36;1-42-32-11-5-10-30(22-32)37-23-38(31-13-12-26-7-2-3-8-28(26)21-31)36-19-18-34-33(29-9-4-6-25(20-29)24-41)16-14-27-15-17-35(37)40(36)39(27)34;37-21-25-10-4-6-12-27(25)29-16-14-24-15-17-32-34(28-13-7-5-11-26(28)22-38)20-33(23-8-2-1-3-9-23)31-19-18-30(29)35(24)36(31)32/h2-33H;2-23H;1-20H. The van der Waals surface area contributed by atoms with Crippen LogP contribution < -0.4 is 0 Å². The lowest BCUT2D eigenvalue weighted by Crippen LogP contribution is -1.94. The molecule has 0 N–H and O–H groups in total. The quantitative estimate of drug-likeness (QED) is 0.0898. The summed E-state index contributed by atoms with van der Waals surface area (Å²) in [7, 11) is 0. The second-order valence-electron chi connectivity index (χ2n) is 34.5. The van der Waals surface area contributed by atoms with Gasteiger partial charge in [-0.25, -0.2) is 9.69 Å². The molecule has 0 heterocycles. The van der Waals surface area contributed by atoms with Crippen molar-refractivity contribution >= 4 is 119 Å². The third kappa shape index (κ3) is 14.3. The summed E-state index contributed by atoms with van der Waals surface area (Å²) in [6.45, 7) is 15.2. The maximum atomic E-state index is 9.94. The van der Waals surface area contributed by atoms with E-state index in [9.17, 15) is 21.0 Å². The highest BCUT2D eigenvalue weighted by Crippen LogP contribution is 2.53. The van der Waals surface area contributed by atoms with E-state index in [1.165, 1.54) is 109 Å². The zero-order valence-corrected chi connectivity index (χ0v) is 73.4. The minimum absolute atomic E-state index is 0.623. The zero-order chi connectivity index (χ0) is 91.4. The Morgan fingerprint density at radius 2 is 0.456 bits per heavy atom. The number of benzene rings is 25. The van der Waals surface area contributed by atoms with Crippen molar-refractivity contribution in [1.82, 2.24) is 0 Å². The van der Waals surface area contributed by atoms with Crippen LogP contribution in [0.25, 0.3) is 251 Å². The molecule has 624 valence electrons. The lowest BCUT2D eigenvalue weighted by Gasteiger charge is -2.22. The van der Waals surface area contributed by atoms with Crippen LogP contribution in [0.15, 0.2) is 449 Å². The minimum Gasteiger partial charge on any atom is -0.238 e. The van der Waals surface area contributed by atoms with Gasteiger partial charge in [0.25, 0.3) is 0 Å². The fraction of sp³-hybridized carbons (Fsp3) is 0. The smallest absolute Gasteiger partial charge is 0.187 e. The van der Waals surface area contributed by atoms with Crippen molar-refractivity contribution in [3.05, 3.63) is 494 Å². The van der Waals surface area contributed by atoms with Gasteiger partial charge in [-0.05, 0) is 303 Å². The van der Waals surface area contributed by atoms with Crippen molar-refractivity contribution in [1.29, 1.82) is 21.0 Å². The zero-order valence-electron chi connectivity index (χ0n) is 73.4. The van der Waals surface area contributed by atoms with Crippen molar-refractivity contribution in [2.45, 2.75) is 0 Å². The van der Waals surface area contributed by atoms with Gasteiger partial charge < -0.3 is 0 Å². The van der Waals surface area contributed by atoms with Crippen LogP contribution in [0.2, 0.25) is 0 Å². The average Bonchev–Trinajstić information content (AvgIpc) is 0.710. The van der Waals surface area contributed by atoms with Gasteiger partial charge in [0.2, 0.25) is 0 Å². The first-order valence-corrected chi connectivity index (χ1v) is 45.3. The number of fused-ring (bicyclic) bond motifs is 1. The molecule has 0 saturated carbocycles. The minimum atomic E-state index is 0.623. The molecular formula is C130H74N6. The summed E-state index contributed by atoms with van der Waals surface area (Å²) in [5, 5.41) is 62.6. The van der Waals surface area contributed by atoms with Gasteiger partial charge in [0.1, 0.15) is 0 Å². The molecule has 0 aliphatic heterocycles. The predicted molar refractivity (Wildman–Crippen MR) is 565 cm³/mol. The molecule has 0 aliphatic carbocycles. The predicted octanol–water partition coefficient (Wildman–Crippen LogP) is 35.5. The van der Waals surface area contributed by atoms with Crippen molar-refractivity contribution < 1.29 is 0 Å². The van der Waals surface area contributed by atoms with Crippen molar-refractivity contribution in [3.63, 3.8) is 0 Å². The molecule has 0 spiro atoms. The van der Waals surface area contributed by atoms with Crippen LogP contribution in [-0.4, -0.2) is 0 Å². The van der Waals surface area contributed by atoms with E-state index in [1.54, 1.807) is 0 Å². The van der Waals surface area contributed by atoms with Crippen LogP contribution in [-0.2, 0) is 0 Å². The van der Waals surface area contributed by atoms with Crippen LogP contribution in [0, 0.1) is 58.5 Å². The maximum absolute atomic E-state index is 9.94. The Labute approximate surface area is 786 Å². The fourth-order valence-electron chi connectivity index (χ4n) is 20.7. The van der Waals surface area contributed by atoms with Crippen molar-refractivity contribution in [2.75, 3.05) is 0 Å². The van der Waals surface area contributed by atoms with E-state index in [-0.39, 0.29) is 0 Å². The van der Waals surface area contributed by atoms with Gasteiger partial charge >= 0.3 is 0 Å². The van der Waals surface area contributed by atoms with Crippen LogP contribution in [0.3, 0.4) is 0 Å². The number of rotatable bonds is 12. The monoisotopic (exact) mass is 1720 g/mol. The van der Waals surface area contributed by atoms with E-state index in [2.05, 4.69) is 355 Å². The largest absolute Gasteiger partial charge is 0.238 e. The Bertz CT molecular complexity index is 9150. The first-order valence-electron chi connectivity index (χ1n) is 45.3. The average molecular weight is 1720 g/mol. The highest BCUT2D eigenvalue weighted by Gasteiger charge is 2.26. The molecule has 0 unspecified atom stereocenters. The van der Waals surface area contributed by atoms with Crippen molar-refractivity contribution in [2.24, 2.45) is 0 Å². The molecule has 25 aromatic rings. The van der Waals surface area contributed by atoms with E-state index in [4.69, 9.17) is 13.1 Å². The summed E-state index contributed by atoms with van der Waals surface area (Å²) >= 11 is 0. The molecular weight excluding hydrogens is 1650 g/mol. The molecule has 6 heteroatoms. The summed E-state index contributed by atoms with van der Waals surface area (Å²) in [6, 6.07) is 166. The normalized spacial score (nSPS) is 11.2. The molecule has 25 rings (SSSR count). The number of nitriles is 4. The molecule has 136 heavy (non-hydrogen) atoms. The van der Waals surface area contributed by atoms with E-state index >= 15 is 0 Å². The Morgan fingerprint density at radius 1 is 0.154 bits per heavy atom. The lowest BCUT2D eigenvalue weighted by molar-refractivity contribution is 1.48. The van der Waals surface area contributed by atoms with E-state index in [0.29, 0.717) is 33.6 Å². The first-order chi connectivity index (χ1) is 67.2. The van der Waals surface area contributed by atoms with Gasteiger partial charge in [0, 0.05) is 11.1 Å². The number of hydrogen-bond donors (Lipinski definition) is 0. The highest BCUT2D eigenvalue weighted by atomic mass is 14.6. The lowest BCUT2D eigenvalue weighted by atomic mass is 9.81. The van der Waals surface area contributed by atoms with Gasteiger partial charge in [0.15, 0.2) is 11.4 Å². The summed E-state index contributed by atoms with van der Waals surface area (Å²) in [5.74, 6) is 0. The molecule has 25 aromatic carbocycles. The second-order valence-corrected chi connectivity index (χ2v) is 34.5. The summed E-state index contributed by atoms with van der Waals surface area (Å²) in [4.78, 5) is 7.39. The summed E-state index contributed by atoms with van der Waals surface area (Å²) < 4.78 is 0. The van der Waals surface area contributed by atoms with E-state index in [1.807, 2.05) is 127 Å². The Balaban J connectivity index is 0.000000117. The Morgan fingerprint density at radius 3 is 0.926 bits per heavy atom. The third-order valence-electron chi connectivity index (χ3n) is 27.1. The molecule has 0 radical (unpaired) electrons. The van der Waals surface area contributed by atoms with Crippen LogP contribution in [0.4, 0.5) is 11.4 Å². The first kappa shape index (κ1) is 81.3. The topological polar surface area (TPSA) is 104 Å². The SMILES string of the molecule is N#Cc1ccccc1-c1ccc2ccc3c(-c4ccccc4C#N)cc(-c4ccccc4)c4ccc1c2c43.[C-]#[N+]c1ccc(-c2cc(-c3ccc(-c4ccccc4)cc3)c3ccc4c(-c5ccc(C#N)cc5)cc(-c5ccc(-c6ccccc6)cc5)c5ccc2c3c45)cc1.[C-]#[N+]c1cccc(-c2cc(-c3ccc4ccccc4c3)c3ccc4c(-c5cccc(C#N)c5)ccc5ccc2c3c54)c1. The molecule has 0 atom stereocenters. The molecule has 0 saturated heterocycles. The maximum Gasteiger partial charge on any atom is 0.187 e. The molecule has 0 aliphatic rings. The highest BCUT2D eigenvalue weighted by molar-refractivity contribution is 6.34. The molecule has 0 amide bonds. The third-order valence-corrected chi connectivity index (χ3v) is 27.1. The number of nitrogens with zero attached hydrogens (tertiary/aromatic N) is 6. The van der Waals surface area contributed by atoms with Gasteiger partial charge in [-0.3, -0.25) is 0 Å². The van der Waals surface area contributed by atoms with Gasteiger partial charge in [-0.1, -0.05) is 376 Å². The Hall–Kier alpha value is -19.2. The Kier molecular flexibility index (Phi) is 20.5. The van der Waals surface area contributed by atoms with Crippen LogP contribution in [0.1, 0.15) is 22.3 Å². The van der Waals surface area contributed by atoms with E-state index in [0.717, 1.165) is 133 Å². The number of hydrogen-bond acceptors (Lipinski definition) is 4. The molecule has 6 nitrogen and oxygen atoms in total. The van der Waals surface area contributed by atoms with Crippen LogP contribution in [0.5, 0.6) is 0 Å². The van der Waals surface area contributed by atoms with Gasteiger partial charge in [-0.15, -0.1) is 0 Å². The summed E-state index contributed by atoms with van der Waals surface area (Å²) in [5.41, 5.74) is 30.5. The summed E-state index contributed by atoms with van der Waals surface area (Å²) in [6.07, 6.45) is 0. The molecule has 0 aromatic heterocycles. The van der Waals surface area contributed by atoms with Gasteiger partial charge in [-0.2, -0.15) is 21.0 Å². The van der Waals surface area contributed by atoms with Gasteiger partial charge in [0.05, 0.1) is 59.7 Å². The van der Waals surface area contributed by atoms with Crippen LogP contribution >= 0.6 is 0 Å². The van der Waals surface area contributed by atoms with E-state index < -0.39 is 0 Å².